The van der Waals surface area contributed by atoms with Crippen molar-refractivity contribution in [1.29, 1.82) is 0 Å². The molecule has 1 heterocycles. The molecule has 2 aliphatic rings. The van der Waals surface area contributed by atoms with Gasteiger partial charge in [-0.1, -0.05) is 36.8 Å². The molecule has 19 heavy (non-hydrogen) atoms. The molecule has 104 valence electrons. The van der Waals surface area contributed by atoms with Crippen LogP contribution in [0.2, 0.25) is 0 Å². The molecule has 0 bridgehead atoms. The molecule has 0 amide bonds. The Morgan fingerprint density at radius 2 is 1.74 bits per heavy atom. The Morgan fingerprint density at radius 1 is 1.00 bits per heavy atom. The van der Waals surface area contributed by atoms with Gasteiger partial charge >= 0.3 is 0 Å². The highest BCUT2D eigenvalue weighted by Crippen LogP contribution is 2.39. The molecule has 1 saturated heterocycles. The summed E-state index contributed by atoms with van der Waals surface area (Å²) in [6.45, 7) is 2.46. The number of hydrogen-bond acceptors (Lipinski definition) is 2. The van der Waals surface area contributed by atoms with Crippen molar-refractivity contribution in [1.82, 2.24) is 4.90 Å². The third kappa shape index (κ3) is 2.85. The van der Waals surface area contributed by atoms with Gasteiger partial charge in [0.2, 0.25) is 0 Å². The largest absolute Gasteiger partial charge is 0.385 e. The summed E-state index contributed by atoms with van der Waals surface area (Å²) in [5, 5.41) is 11.0. The minimum absolute atomic E-state index is 0.583. The average molecular weight is 259 g/mol. The van der Waals surface area contributed by atoms with E-state index in [0.29, 0.717) is 6.04 Å². The molecule has 1 N–H and O–H groups in total. The first-order chi connectivity index (χ1) is 9.28. The van der Waals surface area contributed by atoms with Gasteiger partial charge in [-0.15, -0.1) is 0 Å². The van der Waals surface area contributed by atoms with Crippen molar-refractivity contribution in [3.63, 3.8) is 0 Å². The monoisotopic (exact) mass is 259 g/mol. The molecule has 0 radical (unpaired) electrons. The predicted octanol–water partition coefficient (Wildman–Crippen LogP) is 3.30. The molecule has 0 spiro atoms. The van der Waals surface area contributed by atoms with Gasteiger partial charge in [0.1, 0.15) is 0 Å². The Morgan fingerprint density at radius 3 is 2.47 bits per heavy atom. The Labute approximate surface area is 116 Å². The molecular formula is C17H25NO. The lowest BCUT2D eigenvalue weighted by Gasteiger charge is -2.43. The summed E-state index contributed by atoms with van der Waals surface area (Å²) >= 11 is 0. The van der Waals surface area contributed by atoms with Crippen LogP contribution in [0.4, 0.5) is 0 Å². The van der Waals surface area contributed by atoms with Gasteiger partial charge < -0.3 is 10.0 Å². The minimum atomic E-state index is -0.596. The van der Waals surface area contributed by atoms with Crippen LogP contribution in [0.1, 0.15) is 50.5 Å². The fourth-order valence-corrected chi connectivity index (χ4v) is 3.83. The third-order valence-electron chi connectivity index (χ3n) is 4.92. The van der Waals surface area contributed by atoms with Gasteiger partial charge in [0.25, 0.3) is 0 Å². The summed E-state index contributed by atoms with van der Waals surface area (Å²) in [6.07, 6.45) is 8.28. The lowest BCUT2D eigenvalue weighted by molar-refractivity contribution is -0.0387. The molecule has 1 aromatic rings. The molecule has 2 heteroatoms. The van der Waals surface area contributed by atoms with E-state index < -0.39 is 5.60 Å². The molecule has 0 unspecified atom stereocenters. The van der Waals surface area contributed by atoms with Gasteiger partial charge in [-0.25, -0.2) is 0 Å². The fourth-order valence-electron chi connectivity index (χ4n) is 3.83. The van der Waals surface area contributed by atoms with E-state index in [0.717, 1.165) is 24.8 Å². The van der Waals surface area contributed by atoms with Crippen molar-refractivity contribution in [2.75, 3.05) is 13.1 Å². The number of piperidine rings is 1. The van der Waals surface area contributed by atoms with Crippen LogP contribution in [0.3, 0.4) is 0 Å². The van der Waals surface area contributed by atoms with Gasteiger partial charge in [-0.3, -0.25) is 0 Å². The van der Waals surface area contributed by atoms with E-state index >= 15 is 0 Å². The summed E-state index contributed by atoms with van der Waals surface area (Å²) in [5.41, 5.74) is 0.512. The van der Waals surface area contributed by atoms with Crippen molar-refractivity contribution < 1.29 is 5.11 Å². The number of aliphatic hydroxyl groups is 1. The molecule has 2 atom stereocenters. The van der Waals surface area contributed by atoms with Crippen molar-refractivity contribution in [3.05, 3.63) is 35.9 Å². The van der Waals surface area contributed by atoms with Gasteiger partial charge in [0.15, 0.2) is 0 Å². The first kappa shape index (κ1) is 13.1. The zero-order chi connectivity index (χ0) is 13.1. The highest BCUT2D eigenvalue weighted by molar-refractivity contribution is 5.23. The second kappa shape index (κ2) is 5.64. The second-order valence-electron chi connectivity index (χ2n) is 6.24. The zero-order valence-electron chi connectivity index (χ0n) is 11.7. The summed E-state index contributed by atoms with van der Waals surface area (Å²) < 4.78 is 0. The van der Waals surface area contributed by atoms with E-state index in [-0.39, 0.29) is 0 Å². The fraction of sp³-hybridized carbons (Fsp3) is 0.647. The third-order valence-corrected chi connectivity index (χ3v) is 4.92. The Kier molecular flexibility index (Phi) is 3.90. The maximum atomic E-state index is 11.0. The Bertz CT molecular complexity index is 399. The zero-order valence-corrected chi connectivity index (χ0v) is 11.7. The number of nitrogens with zero attached hydrogens (tertiary/aromatic N) is 1. The van der Waals surface area contributed by atoms with Crippen molar-refractivity contribution >= 4 is 0 Å². The number of rotatable bonds is 2. The summed E-state index contributed by atoms with van der Waals surface area (Å²) in [7, 11) is 0. The quantitative estimate of drug-likeness (QED) is 0.881. The predicted molar refractivity (Wildman–Crippen MR) is 78.0 cm³/mol. The van der Waals surface area contributed by atoms with E-state index in [1.807, 2.05) is 18.2 Å². The highest BCUT2D eigenvalue weighted by atomic mass is 16.3. The van der Waals surface area contributed by atoms with E-state index in [4.69, 9.17) is 0 Å². The first-order valence-corrected chi connectivity index (χ1v) is 7.80. The highest BCUT2D eigenvalue weighted by Gasteiger charge is 2.38. The van der Waals surface area contributed by atoms with Crippen LogP contribution in [0, 0.1) is 0 Å². The molecule has 1 aliphatic heterocycles. The normalized spacial score (nSPS) is 33.2. The second-order valence-corrected chi connectivity index (χ2v) is 6.24. The molecular weight excluding hydrogens is 234 g/mol. The summed E-state index contributed by atoms with van der Waals surface area (Å²) in [4.78, 5) is 2.62. The number of hydrogen-bond donors (Lipinski definition) is 1. The number of likely N-dealkylation sites (tertiary alicyclic amines) is 1. The molecule has 1 aliphatic carbocycles. The van der Waals surface area contributed by atoms with E-state index in [1.165, 1.54) is 38.8 Å². The van der Waals surface area contributed by atoms with E-state index in [9.17, 15) is 5.11 Å². The van der Waals surface area contributed by atoms with Crippen LogP contribution in [0.5, 0.6) is 0 Å². The van der Waals surface area contributed by atoms with Crippen LogP contribution in [0.15, 0.2) is 30.3 Å². The lowest BCUT2D eigenvalue weighted by atomic mass is 9.76. The standard InChI is InChI=1S/C17H25NO/c19-17(15-8-3-1-4-9-15)11-7-10-16(14-17)18-12-5-2-6-13-18/h1,3-4,8-9,16,19H,2,5-7,10-14H2/t16-,17+/m0/s1. The van der Waals surface area contributed by atoms with Gasteiger partial charge in [0, 0.05) is 6.04 Å². The Hall–Kier alpha value is -0.860. The van der Waals surface area contributed by atoms with Crippen molar-refractivity contribution in [3.8, 4) is 0 Å². The summed E-state index contributed by atoms with van der Waals surface area (Å²) in [5.74, 6) is 0. The van der Waals surface area contributed by atoms with Crippen molar-refractivity contribution in [2.24, 2.45) is 0 Å². The molecule has 2 nitrogen and oxygen atoms in total. The first-order valence-electron chi connectivity index (χ1n) is 7.80. The van der Waals surface area contributed by atoms with Gasteiger partial charge in [-0.05, 0) is 57.2 Å². The molecule has 3 rings (SSSR count). The smallest absolute Gasteiger partial charge is 0.0911 e. The van der Waals surface area contributed by atoms with Gasteiger partial charge in [-0.2, -0.15) is 0 Å². The maximum absolute atomic E-state index is 11.0. The summed E-state index contributed by atoms with van der Waals surface area (Å²) in [6, 6.07) is 10.9. The lowest BCUT2D eigenvalue weighted by Crippen LogP contribution is -2.46. The van der Waals surface area contributed by atoms with Crippen LogP contribution < -0.4 is 0 Å². The topological polar surface area (TPSA) is 23.5 Å². The van der Waals surface area contributed by atoms with E-state index in [2.05, 4.69) is 17.0 Å². The van der Waals surface area contributed by atoms with Crippen LogP contribution in [-0.2, 0) is 5.60 Å². The number of benzene rings is 1. The van der Waals surface area contributed by atoms with E-state index in [1.54, 1.807) is 0 Å². The molecule has 2 fully saturated rings. The minimum Gasteiger partial charge on any atom is -0.385 e. The molecule has 1 saturated carbocycles. The Balaban J connectivity index is 1.73. The van der Waals surface area contributed by atoms with Crippen LogP contribution >= 0.6 is 0 Å². The van der Waals surface area contributed by atoms with Gasteiger partial charge in [0.05, 0.1) is 5.60 Å². The average Bonchev–Trinajstić information content (AvgIpc) is 2.49. The van der Waals surface area contributed by atoms with Crippen LogP contribution in [-0.4, -0.2) is 29.1 Å². The van der Waals surface area contributed by atoms with Crippen molar-refractivity contribution in [2.45, 2.75) is 56.6 Å². The van der Waals surface area contributed by atoms with Crippen LogP contribution in [0.25, 0.3) is 0 Å². The molecule has 1 aromatic carbocycles. The maximum Gasteiger partial charge on any atom is 0.0911 e. The molecule has 0 aromatic heterocycles. The SMILES string of the molecule is O[C@]1(c2ccccc2)CCC[C@H](N2CCCCC2)C1.